The van der Waals surface area contributed by atoms with Gasteiger partial charge in [0.1, 0.15) is 23.4 Å². The van der Waals surface area contributed by atoms with Gasteiger partial charge in [-0.15, -0.1) is 0 Å². The zero-order chi connectivity index (χ0) is 16.8. The smallest absolute Gasteiger partial charge is 0.404 e. The molecule has 0 atom stereocenters. The van der Waals surface area contributed by atoms with E-state index in [1.807, 2.05) is 31.2 Å². The molecule has 1 N–H and O–H groups in total. The Hall–Kier alpha value is -2.42. The van der Waals surface area contributed by atoms with Crippen LogP contribution in [0.25, 0.3) is 0 Å². The Morgan fingerprint density at radius 3 is 2.96 bits per heavy atom. The highest BCUT2D eigenvalue weighted by Gasteiger charge is 2.19. The molecule has 1 amide bonds. The molecule has 8 nitrogen and oxygen atoms in total. The molecular weight excluding hydrogens is 368 g/mol. The lowest BCUT2D eigenvalue weighted by Crippen LogP contribution is -2.31. The number of benzene rings is 1. The van der Waals surface area contributed by atoms with Crippen molar-refractivity contribution in [1.29, 1.82) is 0 Å². The number of aromatic nitrogens is 2. The van der Waals surface area contributed by atoms with E-state index >= 15 is 0 Å². The first-order valence-corrected chi connectivity index (χ1v) is 7.58. The van der Waals surface area contributed by atoms with Crippen molar-refractivity contribution in [3.05, 3.63) is 50.6 Å². The van der Waals surface area contributed by atoms with Crippen LogP contribution in [-0.2, 0) is 11.3 Å². The van der Waals surface area contributed by atoms with Crippen molar-refractivity contribution in [2.24, 2.45) is 0 Å². The van der Waals surface area contributed by atoms with Gasteiger partial charge in [-0.25, -0.2) is 0 Å². The Morgan fingerprint density at radius 1 is 1.52 bits per heavy atom. The van der Waals surface area contributed by atoms with Crippen LogP contribution in [0.3, 0.4) is 0 Å². The Kier molecular flexibility index (Phi) is 5.69. The molecular formula is C14H15BrN4O4. The number of carbonyl (C=O) groups is 1. The molecule has 0 aliphatic heterocycles. The number of halogens is 1. The van der Waals surface area contributed by atoms with Gasteiger partial charge in [0, 0.05) is 0 Å². The maximum Gasteiger partial charge on any atom is 0.404 e. The topological polar surface area (TPSA) is 99.3 Å². The van der Waals surface area contributed by atoms with E-state index in [2.05, 4.69) is 26.3 Å². The number of hydrogen-bond acceptors (Lipinski definition) is 5. The highest BCUT2D eigenvalue weighted by Crippen LogP contribution is 2.21. The van der Waals surface area contributed by atoms with Crippen LogP contribution in [0.15, 0.2) is 34.9 Å². The molecule has 0 aliphatic rings. The number of rotatable bonds is 7. The molecule has 9 heteroatoms. The van der Waals surface area contributed by atoms with E-state index in [1.54, 1.807) is 0 Å². The molecule has 122 valence electrons. The summed E-state index contributed by atoms with van der Waals surface area (Å²) in [4.78, 5) is 21.8. The Morgan fingerprint density at radius 2 is 2.30 bits per heavy atom. The molecule has 1 heterocycles. The van der Waals surface area contributed by atoms with Crippen molar-refractivity contribution in [1.82, 2.24) is 15.1 Å². The third kappa shape index (κ3) is 5.06. The largest absolute Gasteiger partial charge is 0.492 e. The second kappa shape index (κ2) is 7.73. The van der Waals surface area contributed by atoms with Gasteiger partial charge in [0.2, 0.25) is 5.91 Å². The summed E-state index contributed by atoms with van der Waals surface area (Å²) in [6.45, 7) is 2.53. The average molecular weight is 383 g/mol. The minimum atomic E-state index is -0.617. The first-order valence-electron chi connectivity index (χ1n) is 6.79. The highest BCUT2D eigenvalue weighted by molar-refractivity contribution is 9.10. The third-order valence-electron chi connectivity index (χ3n) is 2.86. The number of ether oxygens (including phenoxy) is 1. The summed E-state index contributed by atoms with van der Waals surface area (Å²) < 4.78 is 6.95. The van der Waals surface area contributed by atoms with Crippen LogP contribution >= 0.6 is 15.9 Å². The molecule has 0 fully saturated rings. The lowest BCUT2D eigenvalue weighted by Gasteiger charge is -2.07. The molecule has 0 spiro atoms. The van der Waals surface area contributed by atoms with Gasteiger partial charge in [-0.2, -0.15) is 4.68 Å². The lowest BCUT2D eigenvalue weighted by atomic mass is 10.2. The Balaban J connectivity index is 1.75. The molecule has 1 aromatic carbocycles. The van der Waals surface area contributed by atoms with E-state index in [-0.39, 0.29) is 22.7 Å². The van der Waals surface area contributed by atoms with E-state index < -0.39 is 4.92 Å². The van der Waals surface area contributed by atoms with Gasteiger partial charge in [-0.05, 0) is 45.5 Å². The normalized spacial score (nSPS) is 10.3. The van der Waals surface area contributed by atoms with Gasteiger partial charge in [-0.1, -0.05) is 12.1 Å². The number of nitro groups is 1. The van der Waals surface area contributed by atoms with Crippen molar-refractivity contribution in [3.63, 3.8) is 0 Å². The van der Waals surface area contributed by atoms with Gasteiger partial charge in [-0.3, -0.25) is 4.79 Å². The minimum absolute atomic E-state index is 0.100. The van der Waals surface area contributed by atoms with Crippen molar-refractivity contribution >= 4 is 27.7 Å². The summed E-state index contributed by atoms with van der Waals surface area (Å²) in [5.41, 5.74) is 1.09. The van der Waals surface area contributed by atoms with E-state index in [0.717, 1.165) is 11.3 Å². The highest BCUT2D eigenvalue weighted by atomic mass is 79.9. The Labute approximate surface area is 140 Å². The minimum Gasteiger partial charge on any atom is -0.492 e. The fraction of sp³-hybridized carbons (Fsp3) is 0.286. The van der Waals surface area contributed by atoms with Crippen molar-refractivity contribution in [2.75, 3.05) is 13.2 Å². The average Bonchev–Trinajstić information content (AvgIpc) is 2.84. The van der Waals surface area contributed by atoms with Crippen molar-refractivity contribution < 1.29 is 14.5 Å². The zero-order valence-electron chi connectivity index (χ0n) is 12.4. The van der Waals surface area contributed by atoms with Crippen LogP contribution < -0.4 is 10.1 Å². The maximum atomic E-state index is 11.8. The van der Waals surface area contributed by atoms with E-state index in [1.165, 1.54) is 10.9 Å². The monoisotopic (exact) mass is 382 g/mol. The molecule has 0 bridgehead atoms. The van der Waals surface area contributed by atoms with Gasteiger partial charge in [0.15, 0.2) is 0 Å². The van der Waals surface area contributed by atoms with Crippen LogP contribution in [0, 0.1) is 17.0 Å². The van der Waals surface area contributed by atoms with Crippen LogP contribution in [0.1, 0.15) is 5.56 Å². The number of nitrogens with one attached hydrogen (secondary N) is 1. The maximum absolute atomic E-state index is 11.8. The van der Waals surface area contributed by atoms with Crippen LogP contribution in [0.4, 0.5) is 5.82 Å². The molecule has 0 unspecified atom stereocenters. The summed E-state index contributed by atoms with van der Waals surface area (Å²) in [5.74, 6) is 0.120. The fourth-order valence-electron chi connectivity index (χ4n) is 1.86. The number of nitrogens with zero attached hydrogens (tertiary/aromatic N) is 3. The molecule has 0 radical (unpaired) electrons. The van der Waals surface area contributed by atoms with Gasteiger partial charge < -0.3 is 20.2 Å². The zero-order valence-corrected chi connectivity index (χ0v) is 13.9. The quantitative estimate of drug-likeness (QED) is 0.448. The first-order chi connectivity index (χ1) is 11.0. The third-order valence-corrected chi connectivity index (χ3v) is 3.42. The molecule has 23 heavy (non-hydrogen) atoms. The predicted molar refractivity (Wildman–Crippen MR) is 86.3 cm³/mol. The molecule has 0 aliphatic carbocycles. The Bertz CT molecular complexity index is 717. The van der Waals surface area contributed by atoms with E-state index in [4.69, 9.17) is 4.74 Å². The van der Waals surface area contributed by atoms with Gasteiger partial charge >= 0.3 is 5.82 Å². The number of amides is 1. The van der Waals surface area contributed by atoms with Gasteiger partial charge in [0.25, 0.3) is 0 Å². The standard InChI is InChI=1S/C14H15BrN4O4/c1-10-3-2-4-11(7-10)23-6-5-16-13(20)9-18-8-12(15)14(17-18)19(21)22/h2-4,7-8H,5-6,9H2,1H3,(H,16,20). The summed E-state index contributed by atoms with van der Waals surface area (Å²) in [7, 11) is 0. The first kappa shape index (κ1) is 16.9. The van der Waals surface area contributed by atoms with Crippen LogP contribution in [0.5, 0.6) is 5.75 Å². The fourth-order valence-corrected chi connectivity index (χ4v) is 2.32. The van der Waals surface area contributed by atoms with Crippen LogP contribution in [-0.4, -0.2) is 33.8 Å². The van der Waals surface area contributed by atoms with Crippen molar-refractivity contribution in [3.8, 4) is 5.75 Å². The second-order valence-corrected chi connectivity index (χ2v) is 5.62. The van der Waals surface area contributed by atoms with Crippen LogP contribution in [0.2, 0.25) is 0 Å². The summed E-state index contributed by atoms with van der Waals surface area (Å²) >= 11 is 3.03. The number of carbonyl (C=O) groups excluding carboxylic acids is 1. The summed E-state index contributed by atoms with van der Waals surface area (Å²) in [6.07, 6.45) is 1.39. The SMILES string of the molecule is Cc1cccc(OCCNC(=O)Cn2cc(Br)c([N+](=O)[O-])n2)c1. The van der Waals surface area contributed by atoms with E-state index in [0.29, 0.717) is 13.2 Å². The van der Waals surface area contributed by atoms with Crippen molar-refractivity contribution in [2.45, 2.75) is 13.5 Å². The molecule has 0 saturated heterocycles. The summed E-state index contributed by atoms with van der Waals surface area (Å²) in [6, 6.07) is 7.61. The second-order valence-electron chi connectivity index (χ2n) is 4.77. The van der Waals surface area contributed by atoms with Gasteiger partial charge in [0.05, 0.1) is 17.8 Å². The molecule has 2 aromatic rings. The molecule has 2 rings (SSSR count). The number of aryl methyl sites for hydroxylation is 1. The number of hydrogen-bond donors (Lipinski definition) is 1. The predicted octanol–water partition coefficient (Wildman–Crippen LogP) is 2.06. The lowest BCUT2D eigenvalue weighted by molar-refractivity contribution is -0.390. The van der Waals surface area contributed by atoms with E-state index in [9.17, 15) is 14.9 Å². The summed E-state index contributed by atoms with van der Waals surface area (Å²) in [5, 5.41) is 17.1. The molecule has 1 aromatic heterocycles. The molecule has 0 saturated carbocycles.